The highest BCUT2D eigenvalue weighted by Crippen LogP contribution is 2.38. The second-order valence-corrected chi connectivity index (χ2v) is 4.43. The van der Waals surface area contributed by atoms with Crippen LogP contribution < -0.4 is 5.32 Å². The Morgan fingerprint density at radius 2 is 1.83 bits per heavy atom. The third-order valence-electron chi connectivity index (χ3n) is 3.66. The van der Waals surface area contributed by atoms with E-state index >= 15 is 0 Å². The van der Waals surface area contributed by atoms with E-state index in [1.165, 1.54) is 45.1 Å². The SMILES string of the molecule is CC1(C2CCCC2)CCCN1.Cl. The largest absolute Gasteiger partial charge is 0.311 e. The van der Waals surface area contributed by atoms with Crippen molar-refractivity contribution in [3.8, 4) is 0 Å². The molecule has 1 saturated heterocycles. The zero-order valence-corrected chi connectivity index (χ0v) is 8.75. The van der Waals surface area contributed by atoms with Crippen molar-refractivity contribution in [2.75, 3.05) is 6.54 Å². The molecule has 0 spiro atoms. The molecule has 0 amide bonds. The highest BCUT2D eigenvalue weighted by atomic mass is 35.5. The summed E-state index contributed by atoms with van der Waals surface area (Å²) in [6.07, 6.45) is 8.71. The van der Waals surface area contributed by atoms with Crippen LogP contribution >= 0.6 is 12.4 Å². The highest BCUT2D eigenvalue weighted by Gasteiger charge is 2.37. The van der Waals surface area contributed by atoms with Crippen LogP contribution in [0.4, 0.5) is 0 Å². The molecule has 0 aromatic heterocycles. The average molecular weight is 190 g/mol. The lowest BCUT2D eigenvalue weighted by Gasteiger charge is -2.31. The van der Waals surface area contributed by atoms with Gasteiger partial charge >= 0.3 is 0 Å². The number of rotatable bonds is 1. The van der Waals surface area contributed by atoms with E-state index in [0.717, 1.165) is 5.92 Å². The number of halogens is 1. The van der Waals surface area contributed by atoms with Gasteiger partial charge in [0.25, 0.3) is 0 Å². The molecule has 1 N–H and O–H groups in total. The second-order valence-electron chi connectivity index (χ2n) is 4.43. The molecule has 2 rings (SSSR count). The van der Waals surface area contributed by atoms with Crippen molar-refractivity contribution < 1.29 is 0 Å². The molecule has 2 heteroatoms. The normalized spacial score (nSPS) is 36.8. The maximum absolute atomic E-state index is 3.67. The fourth-order valence-electron chi connectivity index (χ4n) is 2.83. The maximum Gasteiger partial charge on any atom is 0.0181 e. The first-order chi connectivity index (χ1) is 5.31. The number of hydrogen-bond donors (Lipinski definition) is 1. The lowest BCUT2D eigenvalue weighted by Crippen LogP contribution is -2.42. The molecule has 2 aliphatic rings. The van der Waals surface area contributed by atoms with Crippen molar-refractivity contribution in [3.63, 3.8) is 0 Å². The van der Waals surface area contributed by atoms with E-state index in [-0.39, 0.29) is 12.4 Å². The Morgan fingerprint density at radius 1 is 1.17 bits per heavy atom. The Hall–Kier alpha value is 0.250. The highest BCUT2D eigenvalue weighted by molar-refractivity contribution is 5.85. The molecule has 12 heavy (non-hydrogen) atoms. The molecule has 72 valence electrons. The van der Waals surface area contributed by atoms with E-state index in [1.807, 2.05) is 0 Å². The van der Waals surface area contributed by atoms with Crippen LogP contribution in [0.2, 0.25) is 0 Å². The minimum absolute atomic E-state index is 0. The molecule has 1 unspecified atom stereocenters. The second kappa shape index (κ2) is 3.97. The van der Waals surface area contributed by atoms with Gasteiger partial charge in [-0.15, -0.1) is 12.4 Å². The van der Waals surface area contributed by atoms with Gasteiger partial charge in [-0.3, -0.25) is 0 Å². The van der Waals surface area contributed by atoms with Crippen molar-refractivity contribution in [1.29, 1.82) is 0 Å². The molecule has 1 aliphatic carbocycles. The van der Waals surface area contributed by atoms with E-state index in [4.69, 9.17) is 0 Å². The summed E-state index contributed by atoms with van der Waals surface area (Å²) >= 11 is 0. The minimum Gasteiger partial charge on any atom is -0.311 e. The van der Waals surface area contributed by atoms with Crippen LogP contribution in [0.3, 0.4) is 0 Å². The van der Waals surface area contributed by atoms with E-state index in [0.29, 0.717) is 5.54 Å². The molecule has 1 nitrogen and oxygen atoms in total. The molecule has 0 aromatic carbocycles. The van der Waals surface area contributed by atoms with Gasteiger partial charge in [-0.05, 0) is 45.1 Å². The summed E-state index contributed by atoms with van der Waals surface area (Å²) in [6.45, 7) is 3.68. The first kappa shape index (κ1) is 10.3. The summed E-state index contributed by atoms with van der Waals surface area (Å²) in [6, 6.07) is 0. The van der Waals surface area contributed by atoms with E-state index < -0.39 is 0 Å². The molecule has 1 saturated carbocycles. The first-order valence-electron chi connectivity index (χ1n) is 5.06. The van der Waals surface area contributed by atoms with Crippen molar-refractivity contribution >= 4 is 12.4 Å². The third-order valence-corrected chi connectivity index (χ3v) is 3.66. The monoisotopic (exact) mass is 189 g/mol. The fraction of sp³-hybridized carbons (Fsp3) is 1.00. The fourth-order valence-corrected chi connectivity index (χ4v) is 2.83. The van der Waals surface area contributed by atoms with Gasteiger partial charge in [-0.25, -0.2) is 0 Å². The quantitative estimate of drug-likeness (QED) is 0.669. The van der Waals surface area contributed by atoms with Gasteiger partial charge in [-0.1, -0.05) is 12.8 Å². The van der Waals surface area contributed by atoms with Crippen LogP contribution in [-0.4, -0.2) is 12.1 Å². The topological polar surface area (TPSA) is 12.0 Å². The van der Waals surface area contributed by atoms with Gasteiger partial charge in [0, 0.05) is 5.54 Å². The van der Waals surface area contributed by atoms with Gasteiger partial charge in [0.2, 0.25) is 0 Å². The molecular formula is C10H20ClN. The molecule has 0 aromatic rings. The van der Waals surface area contributed by atoms with Gasteiger partial charge in [0.1, 0.15) is 0 Å². The van der Waals surface area contributed by atoms with E-state index in [2.05, 4.69) is 12.2 Å². The third kappa shape index (κ3) is 1.77. The van der Waals surface area contributed by atoms with Crippen LogP contribution in [0, 0.1) is 5.92 Å². The molecule has 2 fully saturated rings. The summed E-state index contributed by atoms with van der Waals surface area (Å²) in [5.74, 6) is 0.991. The number of hydrogen-bond acceptors (Lipinski definition) is 1. The molecule has 1 heterocycles. The Labute approximate surface area is 81.7 Å². The first-order valence-corrected chi connectivity index (χ1v) is 5.06. The number of nitrogens with one attached hydrogen (secondary N) is 1. The molecule has 0 bridgehead atoms. The Bertz CT molecular complexity index is 135. The smallest absolute Gasteiger partial charge is 0.0181 e. The van der Waals surface area contributed by atoms with Gasteiger partial charge < -0.3 is 5.32 Å². The van der Waals surface area contributed by atoms with E-state index in [1.54, 1.807) is 0 Å². The Kier molecular flexibility index (Phi) is 3.42. The predicted molar refractivity (Wildman–Crippen MR) is 54.8 cm³/mol. The van der Waals surface area contributed by atoms with Crippen molar-refractivity contribution in [2.24, 2.45) is 5.92 Å². The summed E-state index contributed by atoms with van der Waals surface area (Å²) in [4.78, 5) is 0. The summed E-state index contributed by atoms with van der Waals surface area (Å²) < 4.78 is 0. The Morgan fingerprint density at radius 3 is 2.33 bits per heavy atom. The lowest BCUT2D eigenvalue weighted by atomic mass is 9.83. The maximum atomic E-state index is 3.67. The summed E-state index contributed by atoms with van der Waals surface area (Å²) in [7, 11) is 0. The predicted octanol–water partition coefficient (Wildman–Crippen LogP) is 2.74. The average Bonchev–Trinajstić information content (AvgIpc) is 2.55. The molecular weight excluding hydrogens is 170 g/mol. The van der Waals surface area contributed by atoms with Crippen molar-refractivity contribution in [3.05, 3.63) is 0 Å². The zero-order valence-electron chi connectivity index (χ0n) is 7.94. The van der Waals surface area contributed by atoms with Crippen LogP contribution in [-0.2, 0) is 0 Å². The van der Waals surface area contributed by atoms with Gasteiger partial charge in [0.05, 0.1) is 0 Å². The van der Waals surface area contributed by atoms with Crippen molar-refractivity contribution in [2.45, 2.75) is 51.0 Å². The zero-order chi connectivity index (χ0) is 7.73. The van der Waals surface area contributed by atoms with Crippen LogP contribution in [0.25, 0.3) is 0 Å². The molecule has 0 radical (unpaired) electrons. The summed E-state index contributed by atoms with van der Waals surface area (Å²) in [5.41, 5.74) is 0.524. The minimum atomic E-state index is 0. The molecule has 1 aliphatic heterocycles. The summed E-state index contributed by atoms with van der Waals surface area (Å²) in [5, 5.41) is 3.67. The standard InChI is InChI=1S/C10H19N.ClH/c1-10(7-4-8-11-10)9-5-2-3-6-9;/h9,11H,2-8H2,1H3;1H. The van der Waals surface area contributed by atoms with E-state index in [9.17, 15) is 0 Å². The van der Waals surface area contributed by atoms with Crippen LogP contribution in [0.5, 0.6) is 0 Å². The van der Waals surface area contributed by atoms with Crippen LogP contribution in [0.15, 0.2) is 0 Å². The molecule has 1 atom stereocenters. The lowest BCUT2D eigenvalue weighted by molar-refractivity contribution is 0.266. The Balaban J connectivity index is 0.000000720. The van der Waals surface area contributed by atoms with Gasteiger partial charge in [-0.2, -0.15) is 0 Å². The van der Waals surface area contributed by atoms with Crippen LogP contribution in [0.1, 0.15) is 45.4 Å². The van der Waals surface area contributed by atoms with Crippen molar-refractivity contribution in [1.82, 2.24) is 5.32 Å². The van der Waals surface area contributed by atoms with Gasteiger partial charge in [0.15, 0.2) is 0 Å².